The Morgan fingerprint density at radius 2 is 2.10 bits per heavy atom. The predicted octanol–water partition coefficient (Wildman–Crippen LogP) is 1.81. The number of hydrogen-bond acceptors (Lipinski definition) is 4. The molecule has 2 aromatic rings. The molecule has 0 saturated heterocycles. The average Bonchev–Trinajstić information content (AvgIpc) is 2.78. The number of nitrogens with one attached hydrogen (secondary N) is 2. The number of anilines is 2. The molecule has 0 fully saturated rings. The van der Waals surface area contributed by atoms with Crippen molar-refractivity contribution in [1.82, 2.24) is 9.78 Å². The minimum absolute atomic E-state index is 0.184. The Morgan fingerprint density at radius 1 is 1.30 bits per heavy atom. The number of aromatic nitrogens is 2. The van der Waals surface area contributed by atoms with Gasteiger partial charge in [-0.15, -0.1) is 0 Å². The van der Waals surface area contributed by atoms with Crippen LogP contribution in [0.15, 0.2) is 30.5 Å². The van der Waals surface area contributed by atoms with Crippen LogP contribution in [0, 0.1) is 22.7 Å². The fourth-order valence-electron chi connectivity index (χ4n) is 1.60. The van der Waals surface area contributed by atoms with Crippen molar-refractivity contribution in [3.63, 3.8) is 0 Å². The third kappa shape index (κ3) is 2.92. The van der Waals surface area contributed by atoms with Gasteiger partial charge in [-0.3, -0.25) is 10.00 Å². The summed E-state index contributed by atoms with van der Waals surface area (Å²) < 4.78 is 1.43. The van der Waals surface area contributed by atoms with Crippen molar-refractivity contribution < 1.29 is 4.79 Å². The maximum Gasteiger partial charge on any atom is 0.324 e. The molecular weight excluding hydrogens is 256 g/mol. The standard InChI is InChI=1S/C13H10N6O/c1-19-8-10(7-15)12(18-19)17-13(20)16-11-4-2-3-9(5-11)6-14/h2-5,8H,1H3,(H2,16,17,18,20). The van der Waals surface area contributed by atoms with Crippen molar-refractivity contribution in [1.29, 1.82) is 10.5 Å². The van der Waals surface area contributed by atoms with Crippen molar-refractivity contribution in [3.05, 3.63) is 41.6 Å². The van der Waals surface area contributed by atoms with Crippen LogP contribution in [0.25, 0.3) is 0 Å². The van der Waals surface area contributed by atoms with E-state index < -0.39 is 6.03 Å². The Labute approximate surface area is 115 Å². The summed E-state index contributed by atoms with van der Waals surface area (Å²) in [7, 11) is 1.65. The first-order chi connectivity index (χ1) is 9.62. The quantitative estimate of drug-likeness (QED) is 0.864. The van der Waals surface area contributed by atoms with Gasteiger partial charge in [0.15, 0.2) is 5.82 Å². The number of benzene rings is 1. The molecule has 1 aromatic heterocycles. The highest BCUT2D eigenvalue weighted by Gasteiger charge is 2.10. The lowest BCUT2D eigenvalue weighted by Gasteiger charge is -2.05. The van der Waals surface area contributed by atoms with Crippen LogP contribution >= 0.6 is 0 Å². The summed E-state index contributed by atoms with van der Waals surface area (Å²) in [6.07, 6.45) is 1.51. The molecule has 0 unspecified atom stereocenters. The first kappa shape index (κ1) is 13.1. The Hall–Kier alpha value is -3.32. The van der Waals surface area contributed by atoms with Crippen molar-refractivity contribution in [2.75, 3.05) is 10.6 Å². The van der Waals surface area contributed by atoms with Crippen molar-refractivity contribution in [3.8, 4) is 12.1 Å². The Bertz CT molecular complexity index is 734. The second kappa shape index (κ2) is 5.55. The fraction of sp³-hybridized carbons (Fsp3) is 0.0769. The number of urea groups is 1. The van der Waals surface area contributed by atoms with E-state index >= 15 is 0 Å². The van der Waals surface area contributed by atoms with Gasteiger partial charge in [0, 0.05) is 18.9 Å². The first-order valence-electron chi connectivity index (χ1n) is 5.64. The highest BCUT2D eigenvalue weighted by molar-refractivity contribution is 5.99. The minimum Gasteiger partial charge on any atom is -0.308 e. The number of nitrogens with zero attached hydrogens (tertiary/aromatic N) is 4. The number of carbonyl (C=O) groups excluding carboxylic acids is 1. The third-order valence-corrected chi connectivity index (χ3v) is 2.43. The van der Waals surface area contributed by atoms with Gasteiger partial charge >= 0.3 is 6.03 Å². The minimum atomic E-state index is -0.532. The van der Waals surface area contributed by atoms with Crippen LogP contribution in [0.2, 0.25) is 0 Å². The molecule has 7 nitrogen and oxygen atoms in total. The van der Waals surface area contributed by atoms with Crippen molar-refractivity contribution >= 4 is 17.5 Å². The second-order valence-electron chi connectivity index (χ2n) is 3.95. The molecule has 1 aromatic carbocycles. The number of aryl methyl sites for hydroxylation is 1. The summed E-state index contributed by atoms with van der Waals surface area (Å²) in [6, 6.07) is 9.88. The van der Waals surface area contributed by atoms with Crippen molar-refractivity contribution in [2.24, 2.45) is 7.05 Å². The Morgan fingerprint density at radius 3 is 2.80 bits per heavy atom. The monoisotopic (exact) mass is 266 g/mol. The van der Waals surface area contributed by atoms with E-state index in [0.717, 1.165) is 0 Å². The number of carbonyl (C=O) groups is 1. The van der Waals surface area contributed by atoms with Gasteiger partial charge in [-0.2, -0.15) is 15.6 Å². The molecule has 0 aliphatic rings. The van der Waals surface area contributed by atoms with Gasteiger partial charge in [0.1, 0.15) is 11.6 Å². The zero-order valence-corrected chi connectivity index (χ0v) is 10.6. The molecule has 0 bridgehead atoms. The summed E-state index contributed by atoms with van der Waals surface area (Å²) in [5, 5.41) is 26.7. The van der Waals surface area contributed by atoms with Gasteiger partial charge in [0.05, 0.1) is 11.6 Å². The summed E-state index contributed by atoms with van der Waals surface area (Å²) in [6.45, 7) is 0. The molecule has 2 N–H and O–H groups in total. The molecule has 98 valence electrons. The Balaban J connectivity index is 2.09. The van der Waals surface area contributed by atoms with Crippen LogP contribution in [-0.2, 0) is 7.05 Å². The van der Waals surface area contributed by atoms with E-state index in [4.69, 9.17) is 10.5 Å². The van der Waals surface area contributed by atoms with E-state index in [9.17, 15) is 4.79 Å². The van der Waals surface area contributed by atoms with Crippen LogP contribution in [0.1, 0.15) is 11.1 Å². The van der Waals surface area contributed by atoms with Gasteiger partial charge in [0.25, 0.3) is 0 Å². The van der Waals surface area contributed by atoms with E-state index in [-0.39, 0.29) is 11.4 Å². The third-order valence-electron chi connectivity index (χ3n) is 2.43. The molecule has 0 saturated carbocycles. The molecule has 0 spiro atoms. The van der Waals surface area contributed by atoms with Gasteiger partial charge in [-0.1, -0.05) is 6.07 Å². The molecule has 0 radical (unpaired) electrons. The van der Waals surface area contributed by atoms with Crippen LogP contribution in [0.3, 0.4) is 0 Å². The highest BCUT2D eigenvalue weighted by atomic mass is 16.2. The van der Waals surface area contributed by atoms with Gasteiger partial charge < -0.3 is 5.32 Å². The smallest absolute Gasteiger partial charge is 0.308 e. The lowest BCUT2D eigenvalue weighted by atomic mass is 10.2. The molecule has 20 heavy (non-hydrogen) atoms. The molecular formula is C13H10N6O. The van der Waals surface area contributed by atoms with E-state index in [0.29, 0.717) is 11.3 Å². The maximum atomic E-state index is 11.8. The molecule has 7 heteroatoms. The number of hydrogen-bond donors (Lipinski definition) is 2. The Kier molecular flexibility index (Phi) is 3.64. The van der Waals surface area contributed by atoms with Crippen molar-refractivity contribution in [2.45, 2.75) is 0 Å². The van der Waals surface area contributed by atoms with Crippen LogP contribution < -0.4 is 10.6 Å². The van der Waals surface area contributed by atoms with Crippen LogP contribution in [-0.4, -0.2) is 15.8 Å². The van der Waals surface area contributed by atoms with Crippen LogP contribution in [0.4, 0.5) is 16.3 Å². The zero-order valence-electron chi connectivity index (χ0n) is 10.6. The lowest BCUT2D eigenvalue weighted by Crippen LogP contribution is -2.20. The van der Waals surface area contributed by atoms with E-state index in [2.05, 4.69) is 15.7 Å². The van der Waals surface area contributed by atoms with Gasteiger partial charge in [-0.05, 0) is 18.2 Å². The van der Waals surface area contributed by atoms with Crippen LogP contribution in [0.5, 0.6) is 0 Å². The highest BCUT2D eigenvalue weighted by Crippen LogP contribution is 2.13. The summed E-state index contributed by atoms with van der Waals surface area (Å²) in [5.41, 5.74) is 1.20. The van der Waals surface area contributed by atoms with E-state index in [1.54, 1.807) is 31.3 Å². The summed E-state index contributed by atoms with van der Waals surface area (Å²) in [4.78, 5) is 11.8. The molecule has 1 heterocycles. The molecule has 2 rings (SSSR count). The predicted molar refractivity (Wildman–Crippen MR) is 71.7 cm³/mol. The maximum absolute atomic E-state index is 11.8. The molecule has 0 aliphatic heterocycles. The topological polar surface area (TPSA) is 107 Å². The summed E-state index contributed by atoms with van der Waals surface area (Å²) >= 11 is 0. The lowest BCUT2D eigenvalue weighted by molar-refractivity contribution is 0.262. The normalized spacial score (nSPS) is 9.35. The molecule has 2 amide bonds. The number of rotatable bonds is 2. The SMILES string of the molecule is Cn1cc(C#N)c(NC(=O)Nc2cccc(C#N)c2)n1. The van der Waals surface area contributed by atoms with E-state index in [1.165, 1.54) is 10.9 Å². The van der Waals surface area contributed by atoms with E-state index in [1.807, 2.05) is 12.1 Å². The fourth-order valence-corrected chi connectivity index (χ4v) is 1.60. The van der Waals surface area contributed by atoms with Gasteiger partial charge in [0.2, 0.25) is 0 Å². The van der Waals surface area contributed by atoms with Gasteiger partial charge in [-0.25, -0.2) is 4.79 Å². The largest absolute Gasteiger partial charge is 0.324 e. The molecule has 0 aliphatic carbocycles. The second-order valence-corrected chi connectivity index (χ2v) is 3.95. The molecule has 0 atom stereocenters. The number of nitriles is 2. The zero-order chi connectivity index (χ0) is 14.5. The average molecular weight is 266 g/mol. The summed E-state index contributed by atoms with van der Waals surface area (Å²) in [5.74, 6) is 0.184. The first-order valence-corrected chi connectivity index (χ1v) is 5.64. The number of amides is 2.